The van der Waals surface area contributed by atoms with Gasteiger partial charge >= 0.3 is 0 Å². The highest BCUT2D eigenvalue weighted by molar-refractivity contribution is 5.90. The molecule has 1 nitrogen and oxygen atoms in total. The first-order chi connectivity index (χ1) is 23.0. The second kappa shape index (κ2) is 11.3. The third-order valence-electron chi connectivity index (χ3n) is 12.7. The molecule has 0 aliphatic heterocycles. The third-order valence-corrected chi connectivity index (χ3v) is 12.7. The topological polar surface area (TPSA) is 3.24 Å². The van der Waals surface area contributed by atoms with Crippen LogP contribution in [-0.2, 0) is 10.8 Å². The standard InChI is InChI=1S/C46H47N/c1-45(2)43-30-39(24-25-41(43)42-15-9-14-40(44(42)45)35-12-7-4-8-13-35)47(37-20-16-34(17-21-37)33-10-5-3-6-11-33)38-22-18-36(19-23-38)46-28-26-32(31-46)27-29-46/h4,7-9,12-25,30,32-33H,3,5-6,10-11,26-29,31H2,1-2H3. The van der Waals surface area contributed by atoms with Gasteiger partial charge in [0.25, 0.3) is 0 Å². The van der Waals surface area contributed by atoms with Crippen molar-refractivity contribution < 1.29 is 0 Å². The molecule has 2 bridgehead atoms. The predicted molar refractivity (Wildman–Crippen MR) is 198 cm³/mol. The number of hydrogen-bond donors (Lipinski definition) is 0. The van der Waals surface area contributed by atoms with Gasteiger partial charge in [0.05, 0.1) is 0 Å². The Balaban J connectivity index is 1.13. The van der Waals surface area contributed by atoms with Crippen molar-refractivity contribution >= 4 is 17.1 Å². The maximum absolute atomic E-state index is 2.51. The molecule has 0 atom stereocenters. The molecule has 4 aliphatic carbocycles. The quantitative estimate of drug-likeness (QED) is 0.184. The third kappa shape index (κ3) is 4.80. The normalized spacial score (nSPS) is 22.6. The molecule has 3 saturated carbocycles. The number of rotatable bonds is 6. The van der Waals surface area contributed by atoms with Crippen molar-refractivity contribution in [2.75, 3.05) is 4.90 Å². The Bertz CT molecular complexity index is 1900. The first-order valence-electron chi connectivity index (χ1n) is 18.3. The summed E-state index contributed by atoms with van der Waals surface area (Å²) in [5, 5.41) is 0. The van der Waals surface area contributed by atoms with Gasteiger partial charge in [-0.15, -0.1) is 0 Å². The lowest BCUT2D eigenvalue weighted by molar-refractivity contribution is 0.419. The first kappa shape index (κ1) is 29.1. The summed E-state index contributed by atoms with van der Waals surface area (Å²) in [6, 6.07) is 44.4. The van der Waals surface area contributed by atoms with Gasteiger partial charge in [-0.25, -0.2) is 0 Å². The number of fused-ring (bicyclic) bond motifs is 5. The largest absolute Gasteiger partial charge is 0.310 e. The fraction of sp³-hybridized carbons (Fsp3) is 0.348. The Morgan fingerprint density at radius 3 is 1.91 bits per heavy atom. The van der Waals surface area contributed by atoms with E-state index in [1.165, 1.54) is 120 Å². The summed E-state index contributed by atoms with van der Waals surface area (Å²) in [5.41, 5.74) is 15.4. The molecule has 0 N–H and O–H groups in total. The van der Waals surface area contributed by atoms with E-state index < -0.39 is 0 Å². The highest BCUT2D eigenvalue weighted by atomic mass is 15.1. The van der Waals surface area contributed by atoms with Crippen LogP contribution in [0.5, 0.6) is 0 Å². The molecule has 0 amide bonds. The molecular weight excluding hydrogens is 567 g/mol. The minimum Gasteiger partial charge on any atom is -0.310 e. The summed E-state index contributed by atoms with van der Waals surface area (Å²) in [6.07, 6.45) is 13.8. The Morgan fingerprint density at radius 2 is 1.23 bits per heavy atom. The van der Waals surface area contributed by atoms with E-state index >= 15 is 0 Å². The van der Waals surface area contributed by atoms with Crippen molar-refractivity contribution in [1.82, 2.24) is 0 Å². The van der Waals surface area contributed by atoms with Gasteiger partial charge in [0.1, 0.15) is 0 Å². The van der Waals surface area contributed by atoms with Gasteiger partial charge in [0, 0.05) is 22.5 Å². The van der Waals surface area contributed by atoms with Gasteiger partial charge in [0.2, 0.25) is 0 Å². The van der Waals surface area contributed by atoms with Crippen LogP contribution in [0.4, 0.5) is 17.1 Å². The Morgan fingerprint density at radius 1 is 0.574 bits per heavy atom. The van der Waals surface area contributed by atoms with Crippen molar-refractivity contribution in [2.24, 2.45) is 5.92 Å². The summed E-state index contributed by atoms with van der Waals surface area (Å²) < 4.78 is 0. The van der Waals surface area contributed by atoms with E-state index in [9.17, 15) is 0 Å². The first-order valence-corrected chi connectivity index (χ1v) is 18.3. The smallest absolute Gasteiger partial charge is 0.0465 e. The summed E-state index contributed by atoms with van der Waals surface area (Å²) >= 11 is 0. The van der Waals surface area contributed by atoms with Gasteiger partial charge in [0.15, 0.2) is 0 Å². The van der Waals surface area contributed by atoms with Crippen molar-refractivity contribution in [3.05, 3.63) is 138 Å². The lowest BCUT2D eigenvalue weighted by Crippen LogP contribution is -2.20. The molecule has 236 valence electrons. The molecule has 0 unspecified atom stereocenters. The highest BCUT2D eigenvalue weighted by Crippen LogP contribution is 2.56. The zero-order valence-corrected chi connectivity index (χ0v) is 28.1. The van der Waals surface area contributed by atoms with Crippen LogP contribution in [-0.4, -0.2) is 0 Å². The van der Waals surface area contributed by atoms with Crippen LogP contribution in [0.3, 0.4) is 0 Å². The zero-order valence-electron chi connectivity index (χ0n) is 28.1. The fourth-order valence-electron chi connectivity index (χ4n) is 10.2. The fourth-order valence-corrected chi connectivity index (χ4v) is 10.2. The van der Waals surface area contributed by atoms with E-state index in [-0.39, 0.29) is 5.41 Å². The zero-order chi connectivity index (χ0) is 31.6. The van der Waals surface area contributed by atoms with Gasteiger partial charge in [-0.2, -0.15) is 0 Å². The maximum atomic E-state index is 2.51. The molecule has 0 aromatic heterocycles. The predicted octanol–water partition coefficient (Wildman–Crippen LogP) is 13.0. The molecule has 1 heteroatoms. The van der Waals surface area contributed by atoms with Crippen LogP contribution in [0.15, 0.2) is 115 Å². The van der Waals surface area contributed by atoms with Crippen LogP contribution in [0.2, 0.25) is 0 Å². The molecule has 5 aromatic rings. The molecule has 3 fully saturated rings. The van der Waals surface area contributed by atoms with E-state index in [2.05, 4.69) is 134 Å². The lowest BCUT2D eigenvalue weighted by atomic mass is 9.78. The van der Waals surface area contributed by atoms with Crippen molar-refractivity contribution in [3.8, 4) is 22.3 Å². The highest BCUT2D eigenvalue weighted by Gasteiger charge is 2.45. The Hall–Kier alpha value is -4.10. The van der Waals surface area contributed by atoms with Crippen LogP contribution in [0.1, 0.15) is 106 Å². The minimum atomic E-state index is -0.117. The number of benzene rings is 5. The molecule has 0 spiro atoms. The molecule has 5 aromatic carbocycles. The molecule has 47 heavy (non-hydrogen) atoms. The second-order valence-electron chi connectivity index (χ2n) is 15.7. The molecule has 0 radical (unpaired) electrons. The van der Waals surface area contributed by atoms with Crippen LogP contribution in [0, 0.1) is 5.92 Å². The summed E-state index contributed by atoms with van der Waals surface area (Å²) in [6.45, 7) is 4.84. The van der Waals surface area contributed by atoms with Crippen LogP contribution < -0.4 is 4.90 Å². The number of nitrogens with zero attached hydrogens (tertiary/aromatic N) is 1. The van der Waals surface area contributed by atoms with Gasteiger partial charge < -0.3 is 4.90 Å². The lowest BCUT2D eigenvalue weighted by Gasteiger charge is -2.31. The van der Waals surface area contributed by atoms with Crippen molar-refractivity contribution in [1.29, 1.82) is 0 Å². The van der Waals surface area contributed by atoms with E-state index in [1.54, 1.807) is 5.56 Å². The van der Waals surface area contributed by atoms with Crippen LogP contribution in [0.25, 0.3) is 22.3 Å². The Kier molecular flexibility index (Phi) is 6.96. The average Bonchev–Trinajstić information content (AvgIpc) is 3.81. The molecule has 0 saturated heterocycles. The summed E-state index contributed by atoms with van der Waals surface area (Å²) in [5.74, 6) is 1.67. The van der Waals surface area contributed by atoms with E-state index in [0.717, 1.165) is 5.92 Å². The van der Waals surface area contributed by atoms with E-state index in [0.29, 0.717) is 11.3 Å². The van der Waals surface area contributed by atoms with E-state index in [1.807, 2.05) is 0 Å². The minimum absolute atomic E-state index is 0.117. The van der Waals surface area contributed by atoms with Crippen LogP contribution >= 0.6 is 0 Å². The summed E-state index contributed by atoms with van der Waals surface area (Å²) in [7, 11) is 0. The summed E-state index contributed by atoms with van der Waals surface area (Å²) in [4.78, 5) is 2.51. The molecule has 4 aliphatic rings. The molecule has 9 rings (SSSR count). The van der Waals surface area contributed by atoms with E-state index in [4.69, 9.17) is 0 Å². The number of anilines is 3. The van der Waals surface area contributed by atoms with Gasteiger partial charge in [-0.3, -0.25) is 0 Å². The van der Waals surface area contributed by atoms with Crippen molar-refractivity contribution in [2.45, 2.75) is 94.8 Å². The van der Waals surface area contributed by atoms with Gasteiger partial charge in [-0.05, 0) is 143 Å². The molecular formula is C46H47N. The number of hydrogen-bond acceptors (Lipinski definition) is 1. The average molecular weight is 614 g/mol. The maximum Gasteiger partial charge on any atom is 0.0465 e. The SMILES string of the molecule is CC1(C)c2cc(N(c3ccc(C4CCCCC4)cc3)c3ccc(C45CCC(CC4)C5)cc3)ccc2-c2cccc(-c3ccccc3)c21. The molecule has 0 heterocycles. The second-order valence-corrected chi connectivity index (χ2v) is 15.7. The monoisotopic (exact) mass is 613 g/mol. The van der Waals surface area contributed by atoms with Crippen molar-refractivity contribution in [3.63, 3.8) is 0 Å². The van der Waals surface area contributed by atoms with Gasteiger partial charge in [-0.1, -0.05) is 112 Å². The Labute approximate surface area is 281 Å².